The molecule has 0 radical (unpaired) electrons. The van der Waals surface area contributed by atoms with Crippen molar-refractivity contribution in [1.82, 2.24) is 14.1 Å². The number of hydrogen-bond acceptors (Lipinski definition) is 4. The molecule has 0 aliphatic rings. The van der Waals surface area contributed by atoms with Gasteiger partial charge in [0.1, 0.15) is 0 Å². The summed E-state index contributed by atoms with van der Waals surface area (Å²) in [7, 11) is 1.64. The molecule has 0 aliphatic carbocycles. The average Bonchev–Trinajstić information content (AvgIpc) is 2.65. The van der Waals surface area contributed by atoms with Gasteiger partial charge in [-0.05, 0) is 30.7 Å². The fraction of sp³-hybridized carbons (Fsp3) is 0.385. The first-order valence-corrected chi connectivity index (χ1v) is 7.15. The largest absolute Gasteiger partial charge is 0.493 e. The van der Waals surface area contributed by atoms with Crippen LogP contribution < -0.4 is 5.69 Å². The van der Waals surface area contributed by atoms with Crippen LogP contribution in [0, 0.1) is 0 Å². The second kappa shape index (κ2) is 6.47. The molecule has 5 nitrogen and oxygen atoms in total. The minimum Gasteiger partial charge on any atom is -0.493 e. The highest BCUT2D eigenvalue weighted by molar-refractivity contribution is 7.99. The van der Waals surface area contributed by atoms with E-state index in [1.54, 1.807) is 31.2 Å². The molecule has 2 heterocycles. The van der Waals surface area contributed by atoms with Crippen LogP contribution in [0.4, 0.5) is 0 Å². The van der Waals surface area contributed by atoms with Crippen LogP contribution in [0.15, 0.2) is 40.4 Å². The van der Waals surface area contributed by atoms with E-state index in [1.165, 1.54) is 20.2 Å². The highest BCUT2D eigenvalue weighted by atomic mass is 32.2. The summed E-state index contributed by atoms with van der Waals surface area (Å²) in [6, 6.07) is 3.97. The van der Waals surface area contributed by atoms with Crippen LogP contribution in [-0.2, 0) is 13.6 Å². The average molecular weight is 279 g/mol. The Hall–Kier alpha value is -1.69. The van der Waals surface area contributed by atoms with Crippen molar-refractivity contribution < 1.29 is 5.11 Å². The maximum absolute atomic E-state index is 11.6. The van der Waals surface area contributed by atoms with Crippen LogP contribution >= 0.6 is 11.8 Å². The number of imidazole rings is 1. The van der Waals surface area contributed by atoms with Gasteiger partial charge in [-0.25, -0.2) is 4.79 Å². The van der Waals surface area contributed by atoms with Crippen molar-refractivity contribution >= 4 is 11.8 Å². The number of pyridine rings is 1. The first kappa shape index (κ1) is 13.7. The van der Waals surface area contributed by atoms with E-state index < -0.39 is 0 Å². The zero-order valence-electron chi connectivity index (χ0n) is 10.8. The molecule has 1 N–H and O–H groups in total. The summed E-state index contributed by atoms with van der Waals surface area (Å²) in [5.41, 5.74) is -0.167. The summed E-state index contributed by atoms with van der Waals surface area (Å²) in [6.07, 6.45) is 6.87. The van der Waals surface area contributed by atoms with E-state index in [0.717, 1.165) is 18.6 Å². The highest BCUT2D eigenvalue weighted by Crippen LogP contribution is 2.18. The molecule has 6 heteroatoms. The molecule has 0 spiro atoms. The quantitative estimate of drug-likeness (QED) is 0.647. The van der Waals surface area contributed by atoms with Crippen LogP contribution in [-0.4, -0.2) is 25.0 Å². The number of aryl methyl sites for hydroxylation is 1. The third-order valence-corrected chi connectivity index (χ3v) is 3.91. The van der Waals surface area contributed by atoms with Gasteiger partial charge in [-0.1, -0.05) is 0 Å². The van der Waals surface area contributed by atoms with E-state index in [0.29, 0.717) is 6.54 Å². The Labute approximate surface area is 115 Å². The van der Waals surface area contributed by atoms with E-state index in [1.807, 2.05) is 12.1 Å². The Morgan fingerprint density at radius 2 is 2.05 bits per heavy atom. The minimum absolute atomic E-state index is 0.0364. The summed E-state index contributed by atoms with van der Waals surface area (Å²) in [4.78, 5) is 16.8. The Balaban J connectivity index is 1.74. The van der Waals surface area contributed by atoms with Crippen molar-refractivity contribution in [1.29, 1.82) is 0 Å². The summed E-state index contributed by atoms with van der Waals surface area (Å²) < 4.78 is 2.79. The van der Waals surface area contributed by atoms with Gasteiger partial charge in [0.2, 0.25) is 5.88 Å². The van der Waals surface area contributed by atoms with Gasteiger partial charge in [-0.3, -0.25) is 14.1 Å². The summed E-state index contributed by atoms with van der Waals surface area (Å²) in [6.45, 7) is 0.558. The zero-order valence-corrected chi connectivity index (χ0v) is 11.6. The molecule has 0 saturated carbocycles. The Bertz CT molecular complexity index is 577. The number of thioether (sulfide) groups is 1. The Morgan fingerprint density at radius 1 is 1.32 bits per heavy atom. The first-order chi connectivity index (χ1) is 9.18. The van der Waals surface area contributed by atoms with Crippen molar-refractivity contribution in [3.05, 3.63) is 41.2 Å². The lowest BCUT2D eigenvalue weighted by Gasteiger charge is -2.03. The highest BCUT2D eigenvalue weighted by Gasteiger charge is 2.06. The molecular weight excluding hydrogens is 262 g/mol. The molecule has 0 fully saturated rings. The molecule has 19 heavy (non-hydrogen) atoms. The molecule has 0 atom stereocenters. The molecule has 0 aliphatic heterocycles. The molecule has 2 aromatic heterocycles. The standard InChI is InChI=1S/C13H17N3O2S/c1-15-10-12(17)16(13(15)18)8-2-3-9-19-11-4-6-14-7-5-11/h4-7,10,17H,2-3,8-9H2,1H3. The number of unbranched alkanes of at least 4 members (excludes halogenated alkanes) is 1. The third-order valence-electron chi connectivity index (χ3n) is 2.81. The molecule has 2 aromatic rings. The molecule has 0 amide bonds. The van der Waals surface area contributed by atoms with E-state index in [-0.39, 0.29) is 11.6 Å². The van der Waals surface area contributed by atoms with E-state index in [2.05, 4.69) is 4.98 Å². The number of aromatic nitrogens is 3. The smallest absolute Gasteiger partial charge is 0.330 e. The lowest BCUT2D eigenvalue weighted by atomic mass is 10.3. The molecule has 0 bridgehead atoms. The van der Waals surface area contributed by atoms with Gasteiger partial charge in [-0.2, -0.15) is 0 Å². The van der Waals surface area contributed by atoms with Crippen LogP contribution in [0.25, 0.3) is 0 Å². The molecule has 2 rings (SSSR count). The zero-order chi connectivity index (χ0) is 13.7. The van der Waals surface area contributed by atoms with Crippen molar-refractivity contribution in [3.8, 4) is 5.88 Å². The lowest BCUT2D eigenvalue weighted by Crippen LogP contribution is -2.22. The van der Waals surface area contributed by atoms with Gasteiger partial charge >= 0.3 is 5.69 Å². The van der Waals surface area contributed by atoms with Crippen LogP contribution in [0.2, 0.25) is 0 Å². The van der Waals surface area contributed by atoms with Crippen molar-refractivity contribution in [3.63, 3.8) is 0 Å². The van der Waals surface area contributed by atoms with Crippen LogP contribution in [0.1, 0.15) is 12.8 Å². The predicted molar refractivity (Wildman–Crippen MR) is 75.5 cm³/mol. The fourth-order valence-corrected chi connectivity index (χ4v) is 2.69. The Kier molecular flexibility index (Phi) is 4.68. The second-order valence-corrected chi connectivity index (χ2v) is 5.44. The molecule has 102 valence electrons. The molecule has 0 unspecified atom stereocenters. The molecule has 0 saturated heterocycles. The number of aromatic hydroxyl groups is 1. The summed E-state index contributed by atoms with van der Waals surface area (Å²) in [5, 5.41) is 9.58. The second-order valence-electron chi connectivity index (χ2n) is 4.27. The van der Waals surface area contributed by atoms with Crippen LogP contribution in [0.3, 0.4) is 0 Å². The summed E-state index contributed by atoms with van der Waals surface area (Å²) in [5.74, 6) is 1.03. The molecule has 0 aromatic carbocycles. The summed E-state index contributed by atoms with van der Waals surface area (Å²) >= 11 is 1.77. The van der Waals surface area contributed by atoms with Gasteiger partial charge in [0.25, 0.3) is 0 Å². The van der Waals surface area contributed by atoms with Gasteiger partial charge < -0.3 is 5.11 Å². The minimum atomic E-state index is -0.167. The van der Waals surface area contributed by atoms with Crippen LogP contribution in [0.5, 0.6) is 5.88 Å². The van der Waals surface area contributed by atoms with E-state index in [4.69, 9.17) is 0 Å². The maximum Gasteiger partial charge on any atom is 0.330 e. The number of hydrogen-bond donors (Lipinski definition) is 1. The fourth-order valence-electron chi connectivity index (χ4n) is 1.79. The molecular formula is C13H17N3O2S. The Morgan fingerprint density at radius 3 is 2.68 bits per heavy atom. The van der Waals surface area contributed by atoms with Crippen molar-refractivity contribution in [2.45, 2.75) is 24.3 Å². The lowest BCUT2D eigenvalue weighted by molar-refractivity contribution is 0.409. The van der Waals surface area contributed by atoms with Gasteiger partial charge in [-0.15, -0.1) is 11.8 Å². The SMILES string of the molecule is Cn1cc(O)n(CCCCSc2ccncc2)c1=O. The number of nitrogens with zero attached hydrogens (tertiary/aromatic N) is 3. The monoisotopic (exact) mass is 279 g/mol. The third kappa shape index (κ3) is 3.64. The topological polar surface area (TPSA) is 60.1 Å². The normalized spacial score (nSPS) is 10.8. The van der Waals surface area contributed by atoms with E-state index >= 15 is 0 Å². The maximum atomic E-state index is 11.6. The predicted octanol–water partition coefficient (Wildman–Crippen LogP) is 1.86. The van der Waals surface area contributed by atoms with E-state index in [9.17, 15) is 9.90 Å². The van der Waals surface area contributed by atoms with Gasteiger partial charge in [0, 0.05) is 30.9 Å². The van der Waals surface area contributed by atoms with Crippen molar-refractivity contribution in [2.24, 2.45) is 7.05 Å². The van der Waals surface area contributed by atoms with Gasteiger partial charge in [0.15, 0.2) is 0 Å². The first-order valence-electron chi connectivity index (χ1n) is 6.16. The van der Waals surface area contributed by atoms with Crippen molar-refractivity contribution in [2.75, 3.05) is 5.75 Å². The van der Waals surface area contributed by atoms with Gasteiger partial charge in [0.05, 0.1) is 6.20 Å². The number of rotatable bonds is 6.